The lowest BCUT2D eigenvalue weighted by molar-refractivity contribution is 1.36. The molecule has 23 heavy (non-hydrogen) atoms. The number of para-hydroxylation sites is 2. The first-order valence-corrected chi connectivity index (χ1v) is 7.58. The van der Waals surface area contributed by atoms with Crippen LogP contribution in [0.15, 0.2) is 54.7 Å². The first kappa shape index (κ1) is 12.7. The van der Waals surface area contributed by atoms with Gasteiger partial charge in [-0.25, -0.2) is 15.0 Å². The van der Waals surface area contributed by atoms with Gasteiger partial charge in [0.05, 0.1) is 27.6 Å². The van der Waals surface area contributed by atoms with Crippen LogP contribution in [0, 0.1) is 0 Å². The van der Waals surface area contributed by atoms with E-state index in [0.717, 1.165) is 43.9 Å². The molecule has 0 aliphatic carbocycles. The fourth-order valence-corrected chi connectivity index (χ4v) is 3.12. The Labute approximate surface area is 135 Å². The summed E-state index contributed by atoms with van der Waals surface area (Å²) < 4.78 is 0. The van der Waals surface area contributed by atoms with Gasteiger partial charge < -0.3 is 0 Å². The fraction of sp³-hybridized carbons (Fsp3) is 0. The lowest BCUT2D eigenvalue weighted by Crippen LogP contribution is -1.93. The van der Waals surface area contributed by atoms with E-state index in [-0.39, 0.29) is 0 Å². The smallest absolute Gasteiger partial charge is 0.129 e. The molecule has 2 aromatic carbocycles. The Morgan fingerprint density at radius 1 is 0.609 bits per heavy atom. The highest BCUT2D eigenvalue weighted by Gasteiger charge is 2.14. The van der Waals surface area contributed by atoms with Crippen molar-refractivity contribution in [1.82, 2.24) is 19.9 Å². The zero-order valence-corrected chi connectivity index (χ0v) is 12.6. The second-order valence-electron chi connectivity index (χ2n) is 5.34. The maximum absolute atomic E-state index is 6.09. The second-order valence-corrected chi connectivity index (χ2v) is 5.73. The van der Waals surface area contributed by atoms with Crippen LogP contribution in [0.2, 0.25) is 5.15 Å². The van der Waals surface area contributed by atoms with Gasteiger partial charge in [-0.2, -0.15) is 0 Å². The predicted molar refractivity (Wildman–Crippen MR) is 92.7 cm³/mol. The van der Waals surface area contributed by atoms with Crippen molar-refractivity contribution in [2.24, 2.45) is 0 Å². The van der Waals surface area contributed by atoms with Crippen molar-refractivity contribution >= 4 is 55.5 Å². The quantitative estimate of drug-likeness (QED) is 0.239. The first-order valence-electron chi connectivity index (χ1n) is 7.21. The molecule has 0 radical (unpaired) electrons. The molecule has 3 heterocycles. The maximum Gasteiger partial charge on any atom is 0.129 e. The molecule has 108 valence electrons. The van der Waals surface area contributed by atoms with E-state index in [2.05, 4.69) is 9.97 Å². The molecule has 0 aliphatic heterocycles. The Kier molecular flexibility index (Phi) is 2.52. The van der Waals surface area contributed by atoms with Crippen molar-refractivity contribution in [3.8, 4) is 0 Å². The van der Waals surface area contributed by atoms with E-state index in [1.807, 2.05) is 42.5 Å². The molecule has 5 rings (SSSR count). The Morgan fingerprint density at radius 3 is 2.00 bits per heavy atom. The van der Waals surface area contributed by atoms with Crippen LogP contribution in [0.5, 0.6) is 0 Å². The molecular weight excluding hydrogens is 308 g/mol. The van der Waals surface area contributed by atoms with Gasteiger partial charge in [0.2, 0.25) is 0 Å². The molecule has 0 aliphatic rings. The highest BCUT2D eigenvalue weighted by atomic mass is 35.5. The zero-order chi connectivity index (χ0) is 15.4. The zero-order valence-electron chi connectivity index (χ0n) is 11.9. The van der Waals surface area contributed by atoms with Crippen molar-refractivity contribution < 1.29 is 0 Å². The molecule has 0 spiro atoms. The van der Waals surface area contributed by atoms with Crippen LogP contribution in [0.25, 0.3) is 43.9 Å². The lowest BCUT2D eigenvalue weighted by Gasteiger charge is -2.08. The topological polar surface area (TPSA) is 51.6 Å². The highest BCUT2D eigenvalue weighted by molar-refractivity contribution is 6.30. The van der Waals surface area contributed by atoms with Crippen molar-refractivity contribution in [2.75, 3.05) is 0 Å². The molecule has 0 bridgehead atoms. The molecule has 0 unspecified atom stereocenters. The summed E-state index contributed by atoms with van der Waals surface area (Å²) in [6.45, 7) is 0. The van der Waals surface area contributed by atoms with E-state index < -0.39 is 0 Å². The summed E-state index contributed by atoms with van der Waals surface area (Å²) in [7, 11) is 0. The molecule has 5 heteroatoms. The SMILES string of the molecule is Clc1ccc2c(n1)c1ncccc1c1nc3ccccc3nc21. The summed E-state index contributed by atoms with van der Waals surface area (Å²) in [5, 5.41) is 2.29. The van der Waals surface area contributed by atoms with Gasteiger partial charge in [-0.1, -0.05) is 23.7 Å². The Balaban J connectivity index is 2.15. The van der Waals surface area contributed by atoms with Crippen molar-refractivity contribution in [1.29, 1.82) is 0 Å². The molecule has 0 saturated carbocycles. The number of pyridine rings is 2. The minimum absolute atomic E-state index is 0.442. The third-order valence-electron chi connectivity index (χ3n) is 3.97. The molecule has 4 nitrogen and oxygen atoms in total. The van der Waals surface area contributed by atoms with Gasteiger partial charge in [0.1, 0.15) is 10.7 Å². The first-order chi connectivity index (χ1) is 11.3. The number of rotatable bonds is 0. The average Bonchev–Trinajstić information content (AvgIpc) is 2.60. The number of fused-ring (bicyclic) bond motifs is 7. The van der Waals surface area contributed by atoms with Gasteiger partial charge in [0, 0.05) is 17.0 Å². The van der Waals surface area contributed by atoms with Gasteiger partial charge in [-0.3, -0.25) is 4.98 Å². The summed E-state index contributed by atoms with van der Waals surface area (Å²) in [6, 6.07) is 15.5. The predicted octanol–water partition coefficient (Wildman–Crippen LogP) is 4.53. The monoisotopic (exact) mass is 316 g/mol. The van der Waals surface area contributed by atoms with Gasteiger partial charge in [0.15, 0.2) is 0 Å². The molecule has 0 N–H and O–H groups in total. The number of aromatic nitrogens is 4. The number of nitrogens with zero attached hydrogens (tertiary/aromatic N) is 4. The molecule has 5 aromatic rings. The van der Waals surface area contributed by atoms with E-state index in [0.29, 0.717) is 5.15 Å². The van der Waals surface area contributed by atoms with Crippen LogP contribution in [0.3, 0.4) is 0 Å². The standard InChI is InChI=1S/C18H9ClN4/c19-14-8-7-11-16(23-14)15-10(4-3-9-20-15)17-18(11)22-13-6-2-1-5-12(13)21-17/h1-9H. The summed E-state index contributed by atoms with van der Waals surface area (Å²) in [4.78, 5) is 18.6. The van der Waals surface area contributed by atoms with Gasteiger partial charge >= 0.3 is 0 Å². The van der Waals surface area contributed by atoms with Gasteiger partial charge in [-0.05, 0) is 36.4 Å². The van der Waals surface area contributed by atoms with E-state index in [1.165, 1.54) is 0 Å². The lowest BCUT2D eigenvalue weighted by atomic mass is 10.1. The minimum Gasteiger partial charge on any atom is -0.254 e. The number of hydrogen-bond acceptors (Lipinski definition) is 4. The fourth-order valence-electron chi connectivity index (χ4n) is 2.97. The number of halogens is 1. The average molecular weight is 317 g/mol. The summed E-state index contributed by atoms with van der Waals surface area (Å²) in [6.07, 6.45) is 1.75. The second kappa shape index (κ2) is 4.57. The van der Waals surface area contributed by atoms with Crippen molar-refractivity contribution in [3.63, 3.8) is 0 Å². The molecular formula is C18H9ClN4. The molecule has 0 amide bonds. The van der Waals surface area contributed by atoms with Crippen LogP contribution < -0.4 is 0 Å². The third-order valence-corrected chi connectivity index (χ3v) is 4.18. The summed E-state index contributed by atoms with van der Waals surface area (Å²) in [5.41, 5.74) is 4.94. The molecule has 0 fully saturated rings. The van der Waals surface area contributed by atoms with E-state index in [1.54, 1.807) is 12.3 Å². The van der Waals surface area contributed by atoms with Gasteiger partial charge in [-0.15, -0.1) is 0 Å². The molecule has 3 aromatic heterocycles. The van der Waals surface area contributed by atoms with E-state index >= 15 is 0 Å². The number of hydrogen-bond donors (Lipinski definition) is 0. The largest absolute Gasteiger partial charge is 0.254 e. The highest BCUT2D eigenvalue weighted by Crippen LogP contribution is 2.32. The Hall–Kier alpha value is -2.85. The van der Waals surface area contributed by atoms with Crippen molar-refractivity contribution in [2.45, 2.75) is 0 Å². The summed E-state index contributed by atoms with van der Waals surface area (Å²) >= 11 is 6.09. The van der Waals surface area contributed by atoms with Crippen LogP contribution >= 0.6 is 11.6 Å². The maximum atomic E-state index is 6.09. The third kappa shape index (κ3) is 1.79. The van der Waals surface area contributed by atoms with Crippen LogP contribution in [-0.4, -0.2) is 19.9 Å². The number of benzene rings is 2. The Bertz CT molecular complexity index is 1230. The van der Waals surface area contributed by atoms with E-state index in [4.69, 9.17) is 21.6 Å². The van der Waals surface area contributed by atoms with Crippen LogP contribution in [0.1, 0.15) is 0 Å². The van der Waals surface area contributed by atoms with Crippen molar-refractivity contribution in [3.05, 3.63) is 59.9 Å². The molecule has 0 atom stereocenters. The van der Waals surface area contributed by atoms with E-state index in [9.17, 15) is 0 Å². The Morgan fingerprint density at radius 2 is 1.26 bits per heavy atom. The van der Waals surface area contributed by atoms with Crippen LogP contribution in [0.4, 0.5) is 0 Å². The molecule has 0 saturated heterocycles. The minimum atomic E-state index is 0.442. The van der Waals surface area contributed by atoms with Crippen LogP contribution in [-0.2, 0) is 0 Å². The summed E-state index contributed by atoms with van der Waals surface area (Å²) in [5.74, 6) is 0. The normalized spacial score (nSPS) is 11.7. The van der Waals surface area contributed by atoms with Gasteiger partial charge in [0.25, 0.3) is 0 Å².